The second kappa shape index (κ2) is 4.90. The second-order valence-corrected chi connectivity index (χ2v) is 6.18. The Morgan fingerprint density at radius 1 is 1.33 bits per heavy atom. The van der Waals surface area contributed by atoms with E-state index in [1.807, 2.05) is 0 Å². The molecule has 4 unspecified atom stereocenters. The third-order valence-electron chi connectivity index (χ3n) is 4.93. The summed E-state index contributed by atoms with van der Waals surface area (Å²) in [5.74, 6) is 0.965. The molecular formula is C14H23NO3. The van der Waals surface area contributed by atoms with Crippen molar-refractivity contribution in [1.29, 1.82) is 0 Å². The van der Waals surface area contributed by atoms with Crippen LogP contribution in [0.15, 0.2) is 0 Å². The van der Waals surface area contributed by atoms with Crippen molar-refractivity contribution in [2.75, 3.05) is 0 Å². The zero-order valence-corrected chi connectivity index (χ0v) is 11.2. The Kier molecular flexibility index (Phi) is 3.64. The molecule has 1 amide bonds. The van der Waals surface area contributed by atoms with Crippen LogP contribution in [0.25, 0.3) is 0 Å². The molecule has 2 aliphatic carbocycles. The highest BCUT2D eigenvalue weighted by Gasteiger charge is 2.41. The van der Waals surface area contributed by atoms with Crippen molar-refractivity contribution in [2.45, 2.75) is 57.9 Å². The van der Waals surface area contributed by atoms with Gasteiger partial charge in [-0.15, -0.1) is 0 Å². The Bertz CT molecular complexity index is 355. The molecule has 0 saturated heterocycles. The topological polar surface area (TPSA) is 66.4 Å². The molecule has 0 aliphatic heterocycles. The van der Waals surface area contributed by atoms with Gasteiger partial charge >= 0.3 is 5.97 Å². The van der Waals surface area contributed by atoms with Crippen LogP contribution in [0.5, 0.6) is 0 Å². The average Bonchev–Trinajstić information content (AvgIpc) is 2.90. The first-order chi connectivity index (χ1) is 8.44. The smallest absolute Gasteiger partial charge is 0.329 e. The van der Waals surface area contributed by atoms with Gasteiger partial charge in [-0.1, -0.05) is 13.3 Å². The lowest BCUT2D eigenvalue weighted by Gasteiger charge is -2.27. The van der Waals surface area contributed by atoms with Crippen molar-refractivity contribution in [3.05, 3.63) is 0 Å². The largest absolute Gasteiger partial charge is 0.480 e. The lowest BCUT2D eigenvalue weighted by molar-refractivity contribution is -0.147. The maximum Gasteiger partial charge on any atom is 0.329 e. The van der Waals surface area contributed by atoms with E-state index in [1.165, 1.54) is 19.3 Å². The highest BCUT2D eigenvalue weighted by molar-refractivity contribution is 5.86. The molecule has 0 spiro atoms. The summed E-state index contributed by atoms with van der Waals surface area (Å²) in [6, 6.07) is 0. The van der Waals surface area contributed by atoms with Crippen LogP contribution in [0.3, 0.4) is 0 Å². The van der Waals surface area contributed by atoms with Crippen LogP contribution >= 0.6 is 0 Å². The molecule has 0 heterocycles. The van der Waals surface area contributed by atoms with Gasteiger partial charge in [0.05, 0.1) is 0 Å². The Morgan fingerprint density at radius 2 is 2.06 bits per heavy atom. The Labute approximate surface area is 108 Å². The van der Waals surface area contributed by atoms with Gasteiger partial charge in [-0.05, 0) is 50.4 Å². The lowest BCUT2D eigenvalue weighted by atomic mass is 9.86. The normalized spacial score (nSPS) is 33.1. The van der Waals surface area contributed by atoms with Gasteiger partial charge in [-0.3, -0.25) is 4.79 Å². The molecular weight excluding hydrogens is 230 g/mol. The molecule has 2 fully saturated rings. The summed E-state index contributed by atoms with van der Waals surface area (Å²) in [7, 11) is 0. The summed E-state index contributed by atoms with van der Waals surface area (Å²) in [4.78, 5) is 23.1. The van der Waals surface area contributed by atoms with Gasteiger partial charge in [0.1, 0.15) is 5.54 Å². The molecule has 0 radical (unpaired) electrons. The minimum absolute atomic E-state index is 0.0979. The predicted molar refractivity (Wildman–Crippen MR) is 68.0 cm³/mol. The van der Waals surface area contributed by atoms with Crippen molar-refractivity contribution < 1.29 is 14.7 Å². The summed E-state index contributed by atoms with van der Waals surface area (Å²) in [6.07, 6.45) is 5.93. The SMILES string of the molecule is CCC(C)(NC(=O)CC1CC2CCC1C2)C(=O)O. The van der Waals surface area contributed by atoms with Gasteiger partial charge in [-0.2, -0.15) is 0 Å². The molecule has 4 atom stereocenters. The van der Waals surface area contributed by atoms with E-state index in [0.29, 0.717) is 24.7 Å². The van der Waals surface area contributed by atoms with Crippen molar-refractivity contribution in [2.24, 2.45) is 17.8 Å². The Morgan fingerprint density at radius 3 is 2.50 bits per heavy atom. The number of carbonyl (C=O) groups is 2. The van der Waals surface area contributed by atoms with Gasteiger partial charge in [0.25, 0.3) is 0 Å². The molecule has 4 heteroatoms. The standard InChI is InChI=1S/C14H23NO3/c1-3-14(2,13(17)18)15-12(16)8-11-7-9-4-5-10(11)6-9/h9-11H,3-8H2,1-2H3,(H,15,16)(H,17,18). The fourth-order valence-electron chi connectivity index (χ4n) is 3.52. The fourth-order valence-corrected chi connectivity index (χ4v) is 3.52. The van der Waals surface area contributed by atoms with Crippen LogP contribution in [0.2, 0.25) is 0 Å². The van der Waals surface area contributed by atoms with Gasteiger partial charge in [-0.25, -0.2) is 4.79 Å². The zero-order valence-electron chi connectivity index (χ0n) is 11.2. The highest BCUT2D eigenvalue weighted by atomic mass is 16.4. The number of hydrogen-bond donors (Lipinski definition) is 2. The maximum absolute atomic E-state index is 12.0. The molecule has 2 aliphatic rings. The number of carbonyl (C=O) groups excluding carboxylic acids is 1. The number of rotatable bonds is 5. The molecule has 102 valence electrons. The van der Waals surface area contributed by atoms with E-state index in [1.54, 1.807) is 13.8 Å². The van der Waals surface area contributed by atoms with Gasteiger partial charge < -0.3 is 10.4 Å². The van der Waals surface area contributed by atoms with Crippen molar-refractivity contribution in [3.63, 3.8) is 0 Å². The number of carboxylic acids is 1. The first-order valence-electron chi connectivity index (χ1n) is 6.99. The van der Waals surface area contributed by atoms with Crippen LogP contribution in [-0.2, 0) is 9.59 Å². The third-order valence-corrected chi connectivity index (χ3v) is 4.93. The molecule has 0 aromatic carbocycles. The number of carboxylic acid groups (broad SMARTS) is 1. The van der Waals surface area contributed by atoms with Crippen molar-refractivity contribution in [3.8, 4) is 0 Å². The minimum Gasteiger partial charge on any atom is -0.480 e. The number of fused-ring (bicyclic) bond motifs is 2. The van der Waals surface area contributed by atoms with Gasteiger partial charge in [0.2, 0.25) is 5.91 Å². The summed E-state index contributed by atoms with van der Waals surface area (Å²) in [5, 5.41) is 11.8. The van der Waals surface area contributed by atoms with Crippen molar-refractivity contribution in [1.82, 2.24) is 5.32 Å². The third kappa shape index (κ3) is 2.52. The van der Waals surface area contributed by atoms with Crippen molar-refractivity contribution >= 4 is 11.9 Å². The van der Waals surface area contributed by atoms with Crippen LogP contribution in [-0.4, -0.2) is 22.5 Å². The van der Waals surface area contributed by atoms with E-state index in [9.17, 15) is 9.59 Å². The Balaban J connectivity index is 1.87. The number of hydrogen-bond acceptors (Lipinski definition) is 2. The molecule has 2 rings (SSSR count). The molecule has 0 aromatic rings. The van der Waals surface area contributed by atoms with Crippen LogP contribution in [0.1, 0.15) is 52.4 Å². The van der Waals surface area contributed by atoms with E-state index in [-0.39, 0.29) is 5.91 Å². The van der Waals surface area contributed by atoms with Gasteiger partial charge in [0.15, 0.2) is 0 Å². The molecule has 2 N–H and O–H groups in total. The summed E-state index contributed by atoms with van der Waals surface area (Å²) in [5.41, 5.74) is -1.12. The second-order valence-electron chi connectivity index (χ2n) is 6.18. The number of nitrogens with one attached hydrogen (secondary N) is 1. The number of aliphatic carboxylic acids is 1. The predicted octanol–water partition coefficient (Wildman–Crippen LogP) is 2.18. The minimum atomic E-state index is -1.12. The number of amides is 1. The fraction of sp³-hybridized carbons (Fsp3) is 0.857. The summed E-state index contributed by atoms with van der Waals surface area (Å²) >= 11 is 0. The molecule has 0 aromatic heterocycles. The quantitative estimate of drug-likeness (QED) is 0.789. The van der Waals surface area contributed by atoms with Crippen LogP contribution in [0, 0.1) is 17.8 Å². The van der Waals surface area contributed by atoms with Crippen LogP contribution in [0.4, 0.5) is 0 Å². The van der Waals surface area contributed by atoms with E-state index in [0.717, 1.165) is 12.3 Å². The first-order valence-corrected chi connectivity index (χ1v) is 6.99. The highest BCUT2D eigenvalue weighted by Crippen LogP contribution is 2.49. The zero-order chi connectivity index (χ0) is 13.3. The Hall–Kier alpha value is -1.06. The first kappa shape index (κ1) is 13.4. The molecule has 4 nitrogen and oxygen atoms in total. The average molecular weight is 253 g/mol. The van der Waals surface area contributed by atoms with E-state index in [4.69, 9.17) is 5.11 Å². The van der Waals surface area contributed by atoms with E-state index >= 15 is 0 Å². The molecule has 2 bridgehead atoms. The van der Waals surface area contributed by atoms with E-state index < -0.39 is 11.5 Å². The summed E-state index contributed by atoms with van der Waals surface area (Å²) < 4.78 is 0. The van der Waals surface area contributed by atoms with Crippen LogP contribution < -0.4 is 5.32 Å². The van der Waals surface area contributed by atoms with E-state index in [2.05, 4.69) is 5.32 Å². The monoisotopic (exact) mass is 253 g/mol. The molecule has 18 heavy (non-hydrogen) atoms. The lowest BCUT2D eigenvalue weighted by Crippen LogP contribution is -2.52. The molecule has 2 saturated carbocycles. The summed E-state index contributed by atoms with van der Waals surface area (Å²) in [6.45, 7) is 3.36. The maximum atomic E-state index is 12.0. The van der Waals surface area contributed by atoms with Gasteiger partial charge in [0, 0.05) is 6.42 Å².